The van der Waals surface area contributed by atoms with Crippen molar-refractivity contribution in [1.29, 1.82) is 0 Å². The quantitative estimate of drug-likeness (QED) is 0.746. The molecule has 0 bridgehead atoms. The second-order valence-electron chi connectivity index (χ2n) is 6.65. The van der Waals surface area contributed by atoms with Crippen molar-refractivity contribution in [1.82, 2.24) is 9.88 Å². The van der Waals surface area contributed by atoms with Gasteiger partial charge in [-0.2, -0.15) is 0 Å². The molecule has 3 rings (SSSR count). The van der Waals surface area contributed by atoms with Crippen molar-refractivity contribution in [2.24, 2.45) is 5.92 Å². The highest BCUT2D eigenvalue weighted by atomic mass is 35.5. The lowest BCUT2D eigenvalue weighted by atomic mass is 10.00. The molecule has 1 heterocycles. The molecule has 0 unspecified atom stereocenters. The van der Waals surface area contributed by atoms with Gasteiger partial charge in [0.25, 0.3) is 0 Å². The molecule has 2 amide bonds. The summed E-state index contributed by atoms with van der Waals surface area (Å²) in [4.78, 5) is 18.8. The van der Waals surface area contributed by atoms with Crippen molar-refractivity contribution in [2.75, 3.05) is 11.9 Å². The molecular weight excluding hydrogens is 334 g/mol. The molecule has 1 atom stereocenters. The number of benzene rings is 1. The third-order valence-electron chi connectivity index (χ3n) is 4.73. The van der Waals surface area contributed by atoms with E-state index in [0.29, 0.717) is 23.3 Å². The van der Waals surface area contributed by atoms with Gasteiger partial charge in [0.2, 0.25) is 0 Å². The highest BCUT2D eigenvalue weighted by Crippen LogP contribution is 2.37. The summed E-state index contributed by atoms with van der Waals surface area (Å²) in [6.07, 6.45) is 4.87. The molecule has 5 heteroatoms. The molecule has 1 fully saturated rings. The molecule has 2 aromatic rings. The molecule has 1 aromatic carbocycles. The monoisotopic (exact) mass is 357 g/mol. The van der Waals surface area contributed by atoms with Gasteiger partial charge in [-0.3, -0.25) is 0 Å². The fourth-order valence-corrected chi connectivity index (χ4v) is 3.34. The summed E-state index contributed by atoms with van der Waals surface area (Å²) >= 11 is 6.07. The van der Waals surface area contributed by atoms with E-state index < -0.39 is 0 Å². The summed E-state index contributed by atoms with van der Waals surface area (Å²) in [6, 6.07) is 12.2. The Balaban J connectivity index is 1.74. The van der Waals surface area contributed by atoms with E-state index in [4.69, 9.17) is 11.6 Å². The summed E-state index contributed by atoms with van der Waals surface area (Å²) in [5.74, 6) is 0.580. The van der Waals surface area contributed by atoms with Crippen LogP contribution in [-0.4, -0.2) is 28.5 Å². The minimum absolute atomic E-state index is 0.110. The standard InChI is InChI=1S/C20H24ClN3O/c1-3-24(20(25)23-17-5-4-12-22-19(17)21)18(16-10-11-16)13-15-8-6-14(2)7-9-15/h4-9,12,16,18H,3,10-11,13H2,1-2H3,(H,23,25)/t18-/m1/s1. The summed E-state index contributed by atoms with van der Waals surface area (Å²) in [7, 11) is 0. The number of hydrogen-bond acceptors (Lipinski definition) is 2. The van der Waals surface area contributed by atoms with Gasteiger partial charge in [-0.05, 0) is 56.7 Å². The zero-order valence-electron chi connectivity index (χ0n) is 14.7. The van der Waals surface area contributed by atoms with Gasteiger partial charge in [0.1, 0.15) is 0 Å². The highest BCUT2D eigenvalue weighted by molar-refractivity contribution is 6.32. The van der Waals surface area contributed by atoms with E-state index in [0.717, 1.165) is 6.42 Å². The molecule has 1 saturated carbocycles. The van der Waals surface area contributed by atoms with Crippen LogP contribution in [0.1, 0.15) is 30.9 Å². The lowest BCUT2D eigenvalue weighted by Crippen LogP contribution is -2.45. The Hall–Kier alpha value is -2.07. The molecule has 0 saturated heterocycles. The number of aryl methyl sites for hydroxylation is 1. The van der Waals surface area contributed by atoms with Crippen LogP contribution >= 0.6 is 11.6 Å². The molecule has 1 aromatic heterocycles. The number of anilines is 1. The smallest absolute Gasteiger partial charge is 0.321 e. The van der Waals surface area contributed by atoms with Crippen molar-refractivity contribution in [3.05, 3.63) is 58.9 Å². The number of carbonyl (C=O) groups excluding carboxylic acids is 1. The minimum atomic E-state index is -0.110. The van der Waals surface area contributed by atoms with E-state index >= 15 is 0 Å². The van der Waals surface area contributed by atoms with Gasteiger partial charge in [0.05, 0.1) is 5.69 Å². The van der Waals surface area contributed by atoms with E-state index in [1.165, 1.54) is 24.0 Å². The second-order valence-corrected chi connectivity index (χ2v) is 7.01. The normalized spacial score (nSPS) is 14.8. The molecule has 4 nitrogen and oxygen atoms in total. The maximum Gasteiger partial charge on any atom is 0.322 e. The Labute approximate surface area is 154 Å². The van der Waals surface area contributed by atoms with Crippen LogP contribution in [0.5, 0.6) is 0 Å². The number of nitrogens with one attached hydrogen (secondary N) is 1. The van der Waals surface area contributed by atoms with Crippen LogP contribution in [0.3, 0.4) is 0 Å². The molecule has 0 spiro atoms. The zero-order valence-corrected chi connectivity index (χ0v) is 15.5. The van der Waals surface area contributed by atoms with Crippen LogP contribution in [0.4, 0.5) is 10.5 Å². The van der Waals surface area contributed by atoms with Gasteiger partial charge >= 0.3 is 6.03 Å². The average Bonchev–Trinajstić information content (AvgIpc) is 3.43. The largest absolute Gasteiger partial charge is 0.322 e. The number of carbonyl (C=O) groups is 1. The summed E-state index contributed by atoms with van der Waals surface area (Å²) in [5.41, 5.74) is 3.08. The number of hydrogen-bond donors (Lipinski definition) is 1. The second kappa shape index (κ2) is 7.87. The van der Waals surface area contributed by atoms with E-state index in [2.05, 4.69) is 41.5 Å². The van der Waals surface area contributed by atoms with Crippen molar-refractivity contribution < 1.29 is 4.79 Å². The van der Waals surface area contributed by atoms with Crippen LogP contribution in [-0.2, 0) is 6.42 Å². The number of aromatic nitrogens is 1. The molecule has 1 aliphatic rings. The van der Waals surface area contributed by atoms with Crippen LogP contribution < -0.4 is 5.32 Å². The van der Waals surface area contributed by atoms with Gasteiger partial charge in [0, 0.05) is 18.8 Å². The lowest BCUT2D eigenvalue weighted by molar-refractivity contribution is 0.182. The van der Waals surface area contributed by atoms with Crippen LogP contribution in [0.15, 0.2) is 42.6 Å². The van der Waals surface area contributed by atoms with Crippen LogP contribution in [0.25, 0.3) is 0 Å². The number of pyridine rings is 1. The number of rotatable bonds is 6. The van der Waals surface area contributed by atoms with E-state index in [1.807, 2.05) is 11.8 Å². The van der Waals surface area contributed by atoms with E-state index in [1.54, 1.807) is 18.3 Å². The van der Waals surface area contributed by atoms with Gasteiger partial charge in [-0.25, -0.2) is 9.78 Å². The Morgan fingerprint density at radius 3 is 2.64 bits per heavy atom. The minimum Gasteiger partial charge on any atom is -0.321 e. The summed E-state index contributed by atoms with van der Waals surface area (Å²) in [6.45, 7) is 4.78. The molecule has 25 heavy (non-hydrogen) atoms. The van der Waals surface area contributed by atoms with Crippen LogP contribution in [0, 0.1) is 12.8 Å². The van der Waals surface area contributed by atoms with Gasteiger partial charge in [-0.15, -0.1) is 0 Å². The molecule has 1 N–H and O–H groups in total. The molecule has 132 valence electrons. The number of likely N-dealkylation sites (N-methyl/N-ethyl adjacent to an activating group) is 1. The average molecular weight is 358 g/mol. The third-order valence-corrected chi connectivity index (χ3v) is 5.04. The first-order valence-electron chi connectivity index (χ1n) is 8.82. The Morgan fingerprint density at radius 1 is 1.32 bits per heavy atom. The number of amides is 2. The Bertz CT molecular complexity index is 728. The van der Waals surface area contributed by atoms with Gasteiger partial charge in [0.15, 0.2) is 5.15 Å². The third kappa shape index (κ3) is 4.51. The maximum atomic E-state index is 12.8. The Morgan fingerprint density at radius 2 is 2.04 bits per heavy atom. The fraction of sp³-hybridized carbons (Fsp3) is 0.400. The Kier molecular flexibility index (Phi) is 5.59. The first kappa shape index (κ1) is 17.7. The van der Waals surface area contributed by atoms with Gasteiger partial charge < -0.3 is 10.2 Å². The molecule has 0 aliphatic heterocycles. The number of halogens is 1. The highest BCUT2D eigenvalue weighted by Gasteiger charge is 2.37. The van der Waals surface area contributed by atoms with Crippen molar-refractivity contribution in [3.63, 3.8) is 0 Å². The van der Waals surface area contributed by atoms with Crippen molar-refractivity contribution in [3.8, 4) is 0 Å². The predicted octanol–water partition coefficient (Wildman–Crippen LogP) is 4.92. The summed E-state index contributed by atoms with van der Waals surface area (Å²) < 4.78 is 0. The topological polar surface area (TPSA) is 45.2 Å². The number of nitrogens with zero attached hydrogens (tertiary/aromatic N) is 2. The van der Waals surface area contributed by atoms with Crippen molar-refractivity contribution in [2.45, 2.75) is 39.2 Å². The first-order valence-corrected chi connectivity index (χ1v) is 9.20. The van der Waals surface area contributed by atoms with Gasteiger partial charge in [-0.1, -0.05) is 41.4 Å². The molecule has 0 radical (unpaired) electrons. The number of urea groups is 1. The van der Waals surface area contributed by atoms with Crippen LogP contribution in [0.2, 0.25) is 5.15 Å². The summed E-state index contributed by atoms with van der Waals surface area (Å²) in [5, 5.41) is 3.23. The molecule has 1 aliphatic carbocycles. The fourth-order valence-electron chi connectivity index (χ4n) is 3.17. The SMILES string of the molecule is CCN(C(=O)Nc1cccnc1Cl)[C@H](Cc1ccc(C)cc1)C1CC1. The lowest BCUT2D eigenvalue weighted by Gasteiger charge is -2.31. The molecular formula is C20H24ClN3O. The zero-order chi connectivity index (χ0) is 17.8. The predicted molar refractivity (Wildman–Crippen MR) is 102 cm³/mol. The van der Waals surface area contributed by atoms with E-state index in [9.17, 15) is 4.79 Å². The van der Waals surface area contributed by atoms with E-state index in [-0.39, 0.29) is 12.1 Å². The van der Waals surface area contributed by atoms with Crippen molar-refractivity contribution >= 4 is 23.3 Å². The first-order chi connectivity index (χ1) is 12.1. The maximum absolute atomic E-state index is 12.8.